The van der Waals surface area contributed by atoms with Crippen LogP contribution in [0.4, 0.5) is 4.79 Å². The van der Waals surface area contributed by atoms with E-state index in [0.29, 0.717) is 5.92 Å². The van der Waals surface area contributed by atoms with Gasteiger partial charge in [-0.05, 0) is 26.2 Å². The van der Waals surface area contributed by atoms with Gasteiger partial charge in [-0.3, -0.25) is 0 Å². The summed E-state index contributed by atoms with van der Waals surface area (Å²) in [4.78, 5) is 10.5. The van der Waals surface area contributed by atoms with Gasteiger partial charge in [-0.25, -0.2) is 4.79 Å². The first-order valence-corrected chi connectivity index (χ1v) is 4.91. The molecule has 0 fully saturated rings. The number of carbonyl (C=O) groups is 1. The molecule has 0 heterocycles. The predicted octanol–water partition coefficient (Wildman–Crippen LogP) is 2.86. The fourth-order valence-electron chi connectivity index (χ4n) is 1.27. The molecule has 3 nitrogen and oxygen atoms in total. The molecule has 1 amide bonds. The first-order valence-electron chi connectivity index (χ1n) is 4.91. The van der Waals surface area contributed by atoms with Gasteiger partial charge in [0.05, 0.1) is 0 Å². The fourth-order valence-corrected chi connectivity index (χ4v) is 1.27. The van der Waals surface area contributed by atoms with Gasteiger partial charge < -0.3 is 10.4 Å². The second-order valence-electron chi connectivity index (χ2n) is 4.20. The second kappa shape index (κ2) is 5.10. The van der Waals surface area contributed by atoms with Crippen LogP contribution in [0.25, 0.3) is 0 Å². The predicted molar refractivity (Wildman–Crippen MR) is 53.9 cm³/mol. The zero-order valence-electron chi connectivity index (χ0n) is 9.05. The van der Waals surface area contributed by atoms with E-state index in [4.69, 9.17) is 5.11 Å². The molecule has 0 rings (SSSR count). The maximum Gasteiger partial charge on any atom is 0.405 e. The molecule has 3 heteroatoms. The highest BCUT2D eigenvalue weighted by Crippen LogP contribution is 2.21. The van der Waals surface area contributed by atoms with Crippen LogP contribution >= 0.6 is 0 Å². The van der Waals surface area contributed by atoms with Crippen molar-refractivity contribution in [3.8, 4) is 0 Å². The van der Waals surface area contributed by atoms with Crippen LogP contribution in [0.3, 0.4) is 0 Å². The Morgan fingerprint density at radius 1 is 1.54 bits per heavy atom. The Morgan fingerprint density at radius 2 is 2.08 bits per heavy atom. The number of rotatable bonds is 5. The standard InChI is InChI=1S/C10H21NO2/c1-5-6-7-8(2)10(3,4)11-9(12)13/h8,11H,5-7H2,1-4H3,(H,12,13). The molecular formula is C10H21NO2. The second-order valence-corrected chi connectivity index (χ2v) is 4.20. The number of carboxylic acid groups (broad SMARTS) is 1. The van der Waals surface area contributed by atoms with E-state index < -0.39 is 6.09 Å². The van der Waals surface area contributed by atoms with Crippen LogP contribution < -0.4 is 5.32 Å². The van der Waals surface area contributed by atoms with E-state index in [1.54, 1.807) is 0 Å². The van der Waals surface area contributed by atoms with Gasteiger partial charge in [0.2, 0.25) is 0 Å². The molecule has 0 aliphatic carbocycles. The van der Waals surface area contributed by atoms with Gasteiger partial charge in [-0.15, -0.1) is 0 Å². The molecule has 2 N–H and O–H groups in total. The summed E-state index contributed by atoms with van der Waals surface area (Å²) in [7, 11) is 0. The summed E-state index contributed by atoms with van der Waals surface area (Å²) in [5, 5.41) is 11.2. The maximum atomic E-state index is 10.5. The number of unbranched alkanes of at least 4 members (excludes halogenated alkanes) is 1. The summed E-state index contributed by atoms with van der Waals surface area (Å²) in [5.41, 5.74) is -0.318. The number of amides is 1. The van der Waals surface area contributed by atoms with Crippen LogP contribution in [0, 0.1) is 5.92 Å². The van der Waals surface area contributed by atoms with Crippen molar-refractivity contribution >= 4 is 6.09 Å². The van der Waals surface area contributed by atoms with Gasteiger partial charge in [0, 0.05) is 5.54 Å². The van der Waals surface area contributed by atoms with Crippen molar-refractivity contribution in [2.45, 2.75) is 52.5 Å². The summed E-state index contributed by atoms with van der Waals surface area (Å²) < 4.78 is 0. The maximum absolute atomic E-state index is 10.5. The van der Waals surface area contributed by atoms with Gasteiger partial charge in [0.25, 0.3) is 0 Å². The van der Waals surface area contributed by atoms with Gasteiger partial charge >= 0.3 is 6.09 Å². The summed E-state index contributed by atoms with van der Waals surface area (Å²) in [5.74, 6) is 0.378. The topological polar surface area (TPSA) is 49.3 Å². The van der Waals surface area contributed by atoms with Crippen molar-refractivity contribution in [2.75, 3.05) is 0 Å². The fraction of sp³-hybridized carbons (Fsp3) is 0.900. The van der Waals surface area contributed by atoms with E-state index in [-0.39, 0.29) is 5.54 Å². The van der Waals surface area contributed by atoms with Crippen molar-refractivity contribution in [3.63, 3.8) is 0 Å². The van der Waals surface area contributed by atoms with Crippen LogP contribution in [-0.4, -0.2) is 16.7 Å². The molecule has 0 saturated heterocycles. The van der Waals surface area contributed by atoms with E-state index in [1.807, 2.05) is 13.8 Å². The van der Waals surface area contributed by atoms with Crippen LogP contribution in [0.2, 0.25) is 0 Å². The molecular weight excluding hydrogens is 166 g/mol. The largest absolute Gasteiger partial charge is 0.465 e. The van der Waals surface area contributed by atoms with Crippen molar-refractivity contribution in [1.29, 1.82) is 0 Å². The van der Waals surface area contributed by atoms with Crippen LogP contribution in [0.15, 0.2) is 0 Å². The minimum Gasteiger partial charge on any atom is -0.465 e. The molecule has 1 unspecified atom stereocenters. The van der Waals surface area contributed by atoms with E-state index in [9.17, 15) is 4.79 Å². The zero-order chi connectivity index (χ0) is 10.5. The lowest BCUT2D eigenvalue weighted by Crippen LogP contribution is -2.47. The van der Waals surface area contributed by atoms with E-state index >= 15 is 0 Å². The van der Waals surface area contributed by atoms with Crippen LogP contribution in [-0.2, 0) is 0 Å². The van der Waals surface area contributed by atoms with Crippen LogP contribution in [0.5, 0.6) is 0 Å². The molecule has 0 aromatic rings. The Morgan fingerprint density at radius 3 is 2.46 bits per heavy atom. The smallest absolute Gasteiger partial charge is 0.405 e. The van der Waals surface area contributed by atoms with Gasteiger partial charge in [-0.2, -0.15) is 0 Å². The number of hydrogen-bond donors (Lipinski definition) is 2. The van der Waals surface area contributed by atoms with Gasteiger partial charge in [-0.1, -0.05) is 26.7 Å². The van der Waals surface area contributed by atoms with Crippen molar-refractivity contribution < 1.29 is 9.90 Å². The zero-order valence-corrected chi connectivity index (χ0v) is 9.05. The molecule has 0 radical (unpaired) electrons. The Hall–Kier alpha value is -0.730. The molecule has 0 aliphatic rings. The highest BCUT2D eigenvalue weighted by atomic mass is 16.4. The summed E-state index contributed by atoms with van der Waals surface area (Å²) >= 11 is 0. The highest BCUT2D eigenvalue weighted by Gasteiger charge is 2.26. The quantitative estimate of drug-likeness (QED) is 0.695. The first-order chi connectivity index (χ1) is 5.90. The molecule has 13 heavy (non-hydrogen) atoms. The summed E-state index contributed by atoms with van der Waals surface area (Å²) in [6.45, 7) is 8.10. The monoisotopic (exact) mass is 187 g/mol. The Balaban J connectivity index is 4.01. The Kier molecular flexibility index (Phi) is 4.81. The Bertz CT molecular complexity index is 166. The van der Waals surface area contributed by atoms with Crippen molar-refractivity contribution in [2.24, 2.45) is 5.92 Å². The molecule has 0 aliphatic heterocycles. The number of nitrogens with one attached hydrogen (secondary N) is 1. The lowest BCUT2D eigenvalue weighted by Gasteiger charge is -2.31. The average Bonchev–Trinajstić information content (AvgIpc) is 1.97. The average molecular weight is 187 g/mol. The minimum atomic E-state index is -0.937. The minimum absolute atomic E-state index is 0.318. The van der Waals surface area contributed by atoms with E-state index in [2.05, 4.69) is 19.2 Å². The summed E-state index contributed by atoms with van der Waals surface area (Å²) in [6.07, 6.45) is 2.46. The lowest BCUT2D eigenvalue weighted by atomic mass is 9.85. The third-order valence-corrected chi connectivity index (χ3v) is 2.65. The Labute approximate surface area is 80.5 Å². The first kappa shape index (κ1) is 12.3. The SMILES string of the molecule is CCCCC(C)C(C)(C)NC(=O)O. The molecule has 0 saturated carbocycles. The molecule has 0 aromatic carbocycles. The molecule has 78 valence electrons. The lowest BCUT2D eigenvalue weighted by molar-refractivity contribution is 0.168. The molecule has 0 bridgehead atoms. The van der Waals surface area contributed by atoms with Gasteiger partial charge in [0.15, 0.2) is 0 Å². The third-order valence-electron chi connectivity index (χ3n) is 2.65. The van der Waals surface area contributed by atoms with Crippen LogP contribution in [0.1, 0.15) is 47.0 Å². The number of hydrogen-bond acceptors (Lipinski definition) is 1. The van der Waals surface area contributed by atoms with E-state index in [0.717, 1.165) is 19.3 Å². The van der Waals surface area contributed by atoms with E-state index in [1.165, 1.54) is 0 Å². The summed E-state index contributed by atoms with van der Waals surface area (Å²) in [6, 6.07) is 0. The van der Waals surface area contributed by atoms with Crippen molar-refractivity contribution in [1.82, 2.24) is 5.32 Å². The van der Waals surface area contributed by atoms with Gasteiger partial charge in [0.1, 0.15) is 0 Å². The highest BCUT2D eigenvalue weighted by molar-refractivity contribution is 5.65. The third kappa shape index (κ3) is 4.76. The molecule has 1 atom stereocenters. The molecule has 0 aromatic heterocycles. The van der Waals surface area contributed by atoms with Crippen molar-refractivity contribution in [3.05, 3.63) is 0 Å². The normalized spacial score (nSPS) is 13.8. The molecule has 0 spiro atoms.